The number of aliphatic imine (C=N–C) groups is 6. The van der Waals surface area contributed by atoms with Gasteiger partial charge in [0.2, 0.25) is 0 Å². The molecule has 8 nitrogen and oxygen atoms in total. The average Bonchev–Trinajstić information content (AvgIpc) is 3.78. The molecule has 0 aliphatic carbocycles. The first-order chi connectivity index (χ1) is 20.3. The molecule has 0 amide bonds. The molecule has 0 bridgehead atoms. The first kappa shape index (κ1) is 23.2. The standard InChI is InChI=1S/C33H22N8/c1-34-27-21-12-4-5-13-22(21)29(36-27)38-31-25-16-8-9-17-26(25)33(40-31)41-32-24-15-7-6-14-23(24)30(39-32)37-28-20-11-3-2-10-19(20)18-35-28/h2-18,39H,1H3,(H,34,36,38,40,41). The normalized spacial score (nSPS) is 18.8. The maximum atomic E-state index is 5.02. The molecule has 3 aliphatic heterocycles. The Kier molecular flexibility index (Phi) is 5.18. The van der Waals surface area contributed by atoms with Crippen molar-refractivity contribution in [3.8, 4) is 0 Å². The number of aromatic amines is 1. The van der Waals surface area contributed by atoms with Gasteiger partial charge in [-0.05, 0) is 0 Å². The summed E-state index contributed by atoms with van der Waals surface area (Å²) in [6.45, 7) is 0. The second-order valence-corrected chi connectivity index (χ2v) is 9.77. The summed E-state index contributed by atoms with van der Waals surface area (Å²) in [7, 11) is 1.77. The molecule has 5 aromatic rings. The van der Waals surface area contributed by atoms with Gasteiger partial charge in [0.05, 0.1) is 0 Å². The fourth-order valence-electron chi connectivity index (χ4n) is 5.41. The van der Waals surface area contributed by atoms with Gasteiger partial charge in [-0.15, -0.1) is 0 Å². The monoisotopic (exact) mass is 530 g/mol. The van der Waals surface area contributed by atoms with Crippen molar-refractivity contribution < 1.29 is 0 Å². The van der Waals surface area contributed by atoms with Gasteiger partial charge in [-0.25, -0.2) is 25.0 Å². The van der Waals surface area contributed by atoms with E-state index in [1.807, 2.05) is 103 Å². The number of hydrogen-bond acceptors (Lipinski definition) is 4. The van der Waals surface area contributed by atoms with E-state index in [1.54, 1.807) is 7.05 Å². The minimum atomic E-state index is 0.589. The zero-order valence-electron chi connectivity index (χ0n) is 22.0. The molecule has 2 N–H and O–H groups in total. The third kappa shape index (κ3) is 3.76. The summed E-state index contributed by atoms with van der Waals surface area (Å²) in [6, 6.07) is 32.3. The van der Waals surface area contributed by atoms with E-state index < -0.39 is 0 Å². The van der Waals surface area contributed by atoms with Gasteiger partial charge >= 0.3 is 0 Å². The van der Waals surface area contributed by atoms with Gasteiger partial charge in [0.1, 0.15) is 23.3 Å². The lowest BCUT2D eigenvalue weighted by Gasteiger charge is -2.01. The van der Waals surface area contributed by atoms with E-state index in [0.29, 0.717) is 29.1 Å². The fourth-order valence-corrected chi connectivity index (χ4v) is 5.41. The molecule has 8 rings (SSSR count). The summed E-state index contributed by atoms with van der Waals surface area (Å²) in [4.78, 5) is 32.2. The number of nitrogens with zero attached hydrogens (tertiary/aromatic N) is 6. The summed E-state index contributed by atoms with van der Waals surface area (Å²) in [6.07, 6.45) is 1.85. The highest BCUT2D eigenvalue weighted by atomic mass is 15.1. The lowest BCUT2D eigenvalue weighted by atomic mass is 10.1. The number of nitrogens with one attached hydrogen (secondary N) is 2. The third-order valence-electron chi connectivity index (χ3n) is 7.37. The Morgan fingerprint density at radius 3 is 1.88 bits per heavy atom. The van der Waals surface area contributed by atoms with Crippen molar-refractivity contribution in [1.29, 1.82) is 0 Å². The van der Waals surface area contributed by atoms with Crippen LogP contribution in [-0.2, 0) is 0 Å². The van der Waals surface area contributed by atoms with Crippen molar-refractivity contribution in [1.82, 2.24) is 10.3 Å². The van der Waals surface area contributed by atoms with Crippen molar-refractivity contribution >= 4 is 57.8 Å². The Labute approximate surface area is 235 Å². The minimum Gasteiger partial charge on any atom is -0.324 e. The summed E-state index contributed by atoms with van der Waals surface area (Å²) in [5.41, 5.74) is 5.93. The predicted octanol–water partition coefficient (Wildman–Crippen LogP) is 5.94. The summed E-state index contributed by atoms with van der Waals surface area (Å²) >= 11 is 0. The van der Waals surface area contributed by atoms with Crippen molar-refractivity contribution in [3.05, 3.63) is 130 Å². The van der Waals surface area contributed by atoms with Crippen LogP contribution < -0.4 is 5.32 Å². The molecule has 0 atom stereocenters. The topological polar surface area (TPSA) is 102 Å². The molecule has 3 aliphatic rings. The molecule has 0 radical (unpaired) electrons. The Hall–Kier alpha value is -5.76. The molecule has 0 spiro atoms. The second-order valence-electron chi connectivity index (χ2n) is 9.77. The highest BCUT2D eigenvalue weighted by Gasteiger charge is 2.27. The van der Waals surface area contributed by atoms with Gasteiger partial charge in [-0.1, -0.05) is 97.1 Å². The molecule has 4 aromatic carbocycles. The molecule has 0 unspecified atom stereocenters. The highest BCUT2D eigenvalue weighted by Crippen LogP contribution is 2.36. The zero-order valence-corrected chi connectivity index (χ0v) is 22.0. The van der Waals surface area contributed by atoms with Gasteiger partial charge in [0.25, 0.3) is 0 Å². The Morgan fingerprint density at radius 1 is 0.561 bits per heavy atom. The Morgan fingerprint density at radius 2 is 1.15 bits per heavy atom. The number of benzene rings is 4. The predicted molar refractivity (Wildman–Crippen MR) is 166 cm³/mol. The van der Waals surface area contributed by atoms with Gasteiger partial charge in [-0.2, -0.15) is 0 Å². The molecule has 41 heavy (non-hydrogen) atoms. The van der Waals surface area contributed by atoms with E-state index in [0.717, 1.165) is 55.8 Å². The van der Waals surface area contributed by atoms with Crippen molar-refractivity contribution in [2.75, 3.05) is 7.05 Å². The van der Waals surface area contributed by atoms with Gasteiger partial charge in [0, 0.05) is 57.4 Å². The molecule has 4 heterocycles. The van der Waals surface area contributed by atoms with Crippen LogP contribution in [0.4, 0.5) is 11.6 Å². The highest BCUT2D eigenvalue weighted by molar-refractivity contribution is 6.31. The van der Waals surface area contributed by atoms with Crippen LogP contribution in [0.3, 0.4) is 0 Å². The minimum absolute atomic E-state index is 0.589. The first-order valence-electron chi connectivity index (χ1n) is 13.3. The second kappa shape index (κ2) is 9.17. The van der Waals surface area contributed by atoms with Crippen LogP contribution >= 0.6 is 0 Å². The van der Waals surface area contributed by atoms with Gasteiger partial charge in [0.15, 0.2) is 17.5 Å². The average molecular weight is 531 g/mol. The van der Waals surface area contributed by atoms with Crippen LogP contribution in [0.1, 0.15) is 33.4 Å². The Bertz CT molecular complexity index is 2090. The van der Waals surface area contributed by atoms with Crippen molar-refractivity contribution in [2.45, 2.75) is 0 Å². The maximum Gasteiger partial charge on any atom is 0.164 e. The van der Waals surface area contributed by atoms with E-state index in [1.165, 1.54) is 0 Å². The lowest BCUT2D eigenvalue weighted by Crippen LogP contribution is -2.23. The number of amidine groups is 5. The molecule has 8 heteroatoms. The summed E-state index contributed by atoms with van der Waals surface area (Å²) in [5, 5.41) is 5.27. The van der Waals surface area contributed by atoms with E-state index in [4.69, 9.17) is 20.0 Å². The molecule has 1 aromatic heterocycles. The third-order valence-corrected chi connectivity index (χ3v) is 7.37. The van der Waals surface area contributed by atoms with Crippen molar-refractivity contribution in [2.24, 2.45) is 30.0 Å². The van der Waals surface area contributed by atoms with Crippen molar-refractivity contribution in [3.63, 3.8) is 0 Å². The van der Waals surface area contributed by atoms with Gasteiger partial charge in [-0.3, -0.25) is 4.99 Å². The largest absolute Gasteiger partial charge is 0.324 e. The van der Waals surface area contributed by atoms with E-state index in [9.17, 15) is 0 Å². The molecule has 194 valence electrons. The number of rotatable bonds is 2. The van der Waals surface area contributed by atoms with Crippen LogP contribution in [0, 0.1) is 0 Å². The van der Waals surface area contributed by atoms with Crippen LogP contribution in [0.2, 0.25) is 0 Å². The molecular formula is C33H22N8. The van der Waals surface area contributed by atoms with Crippen LogP contribution in [0.5, 0.6) is 0 Å². The van der Waals surface area contributed by atoms with E-state index >= 15 is 0 Å². The fraction of sp³-hybridized carbons (Fsp3) is 0.0303. The lowest BCUT2D eigenvalue weighted by molar-refractivity contribution is 1.29. The van der Waals surface area contributed by atoms with E-state index in [2.05, 4.69) is 20.3 Å². The molecule has 0 fully saturated rings. The summed E-state index contributed by atoms with van der Waals surface area (Å²) in [5.74, 6) is 4.76. The maximum absolute atomic E-state index is 5.02. The molecule has 0 saturated heterocycles. The van der Waals surface area contributed by atoms with Gasteiger partial charge < -0.3 is 10.3 Å². The Balaban J connectivity index is 1.24. The molecular weight excluding hydrogens is 508 g/mol. The summed E-state index contributed by atoms with van der Waals surface area (Å²) < 4.78 is 0. The first-order valence-corrected chi connectivity index (χ1v) is 13.3. The SMILES string of the molecule is CN=C1NC(=NC2=NC(=Nc3[nH]c(N=C4N=Cc5ccccc54)c4ccccc34)c3ccccc32)c2ccccc21. The number of H-pyrrole nitrogens is 1. The zero-order chi connectivity index (χ0) is 27.3. The van der Waals surface area contributed by atoms with Crippen LogP contribution in [-0.4, -0.2) is 47.4 Å². The number of aromatic nitrogens is 1. The number of hydrogen-bond donors (Lipinski definition) is 2. The van der Waals surface area contributed by atoms with E-state index in [-0.39, 0.29) is 0 Å². The molecule has 0 saturated carbocycles. The number of fused-ring (bicyclic) bond motifs is 4. The smallest absolute Gasteiger partial charge is 0.164 e. The van der Waals surface area contributed by atoms with Crippen LogP contribution in [0.25, 0.3) is 10.8 Å². The quantitative estimate of drug-likeness (QED) is 0.290. The van der Waals surface area contributed by atoms with Crippen LogP contribution in [0.15, 0.2) is 127 Å².